The Labute approximate surface area is 164 Å². The lowest BCUT2D eigenvalue weighted by atomic mass is 10.1. The van der Waals surface area contributed by atoms with E-state index in [0.717, 1.165) is 5.56 Å². The van der Waals surface area contributed by atoms with E-state index in [0.29, 0.717) is 35.1 Å². The van der Waals surface area contributed by atoms with E-state index in [1.54, 1.807) is 37.3 Å². The van der Waals surface area contributed by atoms with Crippen LogP contribution in [0.4, 0.5) is 0 Å². The molecule has 0 saturated heterocycles. The molecule has 146 valence electrons. The van der Waals surface area contributed by atoms with E-state index in [9.17, 15) is 4.79 Å². The standard InChI is InChI=1S/C22H24N2O4/c1-15(2)24(22(25)16-8-7-9-18(12-16)26-3)14-17-13-21(28-23-17)19-10-5-6-11-20(19)27-4/h5-13,15H,14H2,1-4H3. The lowest BCUT2D eigenvalue weighted by Gasteiger charge is -2.26. The molecule has 1 aromatic heterocycles. The van der Waals surface area contributed by atoms with E-state index in [2.05, 4.69) is 5.16 Å². The highest BCUT2D eigenvalue weighted by molar-refractivity contribution is 5.94. The fraction of sp³-hybridized carbons (Fsp3) is 0.273. The van der Waals surface area contributed by atoms with E-state index < -0.39 is 0 Å². The molecule has 2 aromatic carbocycles. The van der Waals surface area contributed by atoms with Gasteiger partial charge in [-0.2, -0.15) is 0 Å². The summed E-state index contributed by atoms with van der Waals surface area (Å²) >= 11 is 0. The molecule has 0 saturated carbocycles. The molecule has 0 N–H and O–H groups in total. The highest BCUT2D eigenvalue weighted by Gasteiger charge is 2.22. The van der Waals surface area contributed by atoms with Crippen molar-refractivity contribution >= 4 is 5.91 Å². The Bertz CT molecular complexity index is 949. The normalized spacial score (nSPS) is 10.8. The van der Waals surface area contributed by atoms with E-state index in [1.165, 1.54) is 0 Å². The first-order valence-electron chi connectivity index (χ1n) is 9.07. The Morgan fingerprint density at radius 1 is 1.07 bits per heavy atom. The summed E-state index contributed by atoms with van der Waals surface area (Å²) in [5.41, 5.74) is 2.06. The van der Waals surface area contributed by atoms with Crippen LogP contribution >= 0.6 is 0 Å². The third-order valence-corrected chi connectivity index (χ3v) is 4.46. The van der Waals surface area contributed by atoms with Crippen LogP contribution in [0, 0.1) is 0 Å². The van der Waals surface area contributed by atoms with Crippen molar-refractivity contribution in [3.63, 3.8) is 0 Å². The van der Waals surface area contributed by atoms with Crippen LogP contribution in [-0.4, -0.2) is 36.2 Å². The quantitative estimate of drug-likeness (QED) is 0.607. The number of amides is 1. The molecule has 0 atom stereocenters. The molecule has 6 nitrogen and oxygen atoms in total. The van der Waals surface area contributed by atoms with Crippen molar-refractivity contribution in [2.45, 2.75) is 26.4 Å². The van der Waals surface area contributed by atoms with Crippen LogP contribution in [0.15, 0.2) is 59.1 Å². The fourth-order valence-electron chi connectivity index (χ4n) is 2.95. The Morgan fingerprint density at radius 2 is 1.86 bits per heavy atom. The molecule has 6 heteroatoms. The van der Waals surface area contributed by atoms with Gasteiger partial charge in [0.05, 0.1) is 26.3 Å². The van der Waals surface area contributed by atoms with Gasteiger partial charge in [-0.15, -0.1) is 0 Å². The van der Waals surface area contributed by atoms with Gasteiger partial charge in [0.2, 0.25) is 0 Å². The molecule has 0 spiro atoms. The molecule has 0 aliphatic carbocycles. The van der Waals surface area contributed by atoms with Crippen LogP contribution in [0.2, 0.25) is 0 Å². The summed E-state index contributed by atoms with van der Waals surface area (Å²) in [6, 6.07) is 16.5. The third kappa shape index (κ3) is 4.17. The zero-order valence-electron chi connectivity index (χ0n) is 16.5. The molecule has 1 heterocycles. The number of hydrogen-bond acceptors (Lipinski definition) is 5. The number of nitrogens with zero attached hydrogens (tertiary/aromatic N) is 2. The SMILES string of the molecule is COc1cccc(C(=O)N(Cc2cc(-c3ccccc3OC)on2)C(C)C)c1. The van der Waals surface area contributed by atoms with Crippen LogP contribution in [0.5, 0.6) is 11.5 Å². The number of para-hydroxylation sites is 1. The highest BCUT2D eigenvalue weighted by atomic mass is 16.5. The number of carbonyl (C=O) groups is 1. The molecular formula is C22H24N2O4. The van der Waals surface area contributed by atoms with Gasteiger partial charge in [0.25, 0.3) is 5.91 Å². The summed E-state index contributed by atoms with van der Waals surface area (Å²) in [6.07, 6.45) is 0. The van der Waals surface area contributed by atoms with Gasteiger partial charge in [-0.25, -0.2) is 0 Å². The fourth-order valence-corrected chi connectivity index (χ4v) is 2.95. The summed E-state index contributed by atoms with van der Waals surface area (Å²) in [4.78, 5) is 14.8. The minimum absolute atomic E-state index is 0.00916. The topological polar surface area (TPSA) is 64.8 Å². The first kappa shape index (κ1) is 19.5. The van der Waals surface area contributed by atoms with Crippen LogP contribution in [0.1, 0.15) is 29.9 Å². The number of hydrogen-bond donors (Lipinski definition) is 0. The number of benzene rings is 2. The van der Waals surface area contributed by atoms with E-state index in [-0.39, 0.29) is 11.9 Å². The van der Waals surface area contributed by atoms with Crippen molar-refractivity contribution in [2.75, 3.05) is 14.2 Å². The molecule has 0 radical (unpaired) electrons. The summed E-state index contributed by atoms with van der Waals surface area (Å²) in [7, 11) is 3.20. The molecule has 3 aromatic rings. The second kappa shape index (κ2) is 8.61. The maximum absolute atomic E-state index is 13.0. The molecule has 28 heavy (non-hydrogen) atoms. The maximum atomic E-state index is 13.0. The van der Waals surface area contributed by atoms with Crippen molar-refractivity contribution in [3.05, 3.63) is 65.9 Å². The molecule has 0 aliphatic rings. The second-order valence-electron chi connectivity index (χ2n) is 6.64. The highest BCUT2D eigenvalue weighted by Crippen LogP contribution is 2.30. The number of rotatable bonds is 7. The van der Waals surface area contributed by atoms with Crippen molar-refractivity contribution in [3.8, 4) is 22.8 Å². The Hall–Kier alpha value is -3.28. The second-order valence-corrected chi connectivity index (χ2v) is 6.64. The van der Waals surface area contributed by atoms with E-state index in [1.807, 2.05) is 50.2 Å². The minimum atomic E-state index is -0.0873. The number of ether oxygens (including phenoxy) is 2. The van der Waals surface area contributed by atoms with E-state index >= 15 is 0 Å². The van der Waals surface area contributed by atoms with Gasteiger partial charge >= 0.3 is 0 Å². The maximum Gasteiger partial charge on any atom is 0.254 e. The van der Waals surface area contributed by atoms with Gasteiger partial charge in [-0.05, 0) is 44.2 Å². The lowest BCUT2D eigenvalue weighted by Crippen LogP contribution is -2.36. The zero-order chi connectivity index (χ0) is 20.1. The van der Waals surface area contributed by atoms with Crippen molar-refractivity contribution in [2.24, 2.45) is 0 Å². The van der Waals surface area contributed by atoms with Gasteiger partial charge in [0.15, 0.2) is 5.76 Å². The summed E-state index contributed by atoms with van der Waals surface area (Å²) in [6.45, 7) is 4.28. The van der Waals surface area contributed by atoms with E-state index in [4.69, 9.17) is 14.0 Å². The predicted molar refractivity (Wildman–Crippen MR) is 106 cm³/mol. The smallest absolute Gasteiger partial charge is 0.254 e. The van der Waals surface area contributed by atoms with Gasteiger partial charge in [-0.1, -0.05) is 23.4 Å². The van der Waals surface area contributed by atoms with Crippen LogP contribution in [0.3, 0.4) is 0 Å². The van der Waals surface area contributed by atoms with Gasteiger partial charge in [-0.3, -0.25) is 4.79 Å². The van der Waals surface area contributed by atoms with Crippen LogP contribution in [0.25, 0.3) is 11.3 Å². The zero-order valence-corrected chi connectivity index (χ0v) is 16.5. The molecule has 0 fully saturated rings. The number of aromatic nitrogens is 1. The first-order valence-corrected chi connectivity index (χ1v) is 9.07. The molecule has 0 aliphatic heterocycles. The Morgan fingerprint density at radius 3 is 2.57 bits per heavy atom. The monoisotopic (exact) mass is 380 g/mol. The van der Waals surface area contributed by atoms with Gasteiger partial charge < -0.3 is 18.9 Å². The van der Waals surface area contributed by atoms with Gasteiger partial charge in [0.1, 0.15) is 17.2 Å². The van der Waals surface area contributed by atoms with Crippen molar-refractivity contribution < 1.29 is 18.8 Å². The molecule has 3 rings (SSSR count). The van der Waals surface area contributed by atoms with Crippen LogP contribution in [-0.2, 0) is 6.54 Å². The minimum Gasteiger partial charge on any atom is -0.497 e. The molecule has 0 unspecified atom stereocenters. The lowest BCUT2D eigenvalue weighted by molar-refractivity contribution is 0.0685. The third-order valence-electron chi connectivity index (χ3n) is 4.46. The predicted octanol–water partition coefficient (Wildman–Crippen LogP) is 4.41. The van der Waals surface area contributed by atoms with Crippen LogP contribution < -0.4 is 9.47 Å². The molecule has 1 amide bonds. The number of methoxy groups -OCH3 is 2. The molecule has 0 bridgehead atoms. The average Bonchev–Trinajstić information content (AvgIpc) is 3.19. The molecular weight excluding hydrogens is 356 g/mol. The summed E-state index contributed by atoms with van der Waals surface area (Å²) in [5, 5.41) is 4.15. The Balaban J connectivity index is 1.83. The van der Waals surface area contributed by atoms with Crippen molar-refractivity contribution in [1.29, 1.82) is 0 Å². The van der Waals surface area contributed by atoms with Gasteiger partial charge in [0, 0.05) is 17.7 Å². The first-order chi connectivity index (χ1) is 13.5. The largest absolute Gasteiger partial charge is 0.497 e. The Kier molecular flexibility index (Phi) is 5.99. The van der Waals surface area contributed by atoms with Crippen molar-refractivity contribution in [1.82, 2.24) is 10.1 Å². The average molecular weight is 380 g/mol. The number of carbonyl (C=O) groups excluding carboxylic acids is 1. The summed E-state index contributed by atoms with van der Waals surface area (Å²) < 4.78 is 16.1. The summed E-state index contributed by atoms with van der Waals surface area (Å²) in [5.74, 6) is 1.87.